The zero-order chi connectivity index (χ0) is 11.1. The predicted molar refractivity (Wildman–Crippen MR) is 59.1 cm³/mol. The van der Waals surface area contributed by atoms with Gasteiger partial charge in [0.1, 0.15) is 5.82 Å². The molecule has 0 bridgehead atoms. The lowest BCUT2D eigenvalue weighted by atomic mass is 9.97. The molecule has 3 heteroatoms. The van der Waals surface area contributed by atoms with Gasteiger partial charge < -0.3 is 10.5 Å². The van der Waals surface area contributed by atoms with Crippen LogP contribution >= 0.6 is 0 Å². The summed E-state index contributed by atoms with van der Waals surface area (Å²) in [7, 11) is 1.69. The third-order valence-electron chi connectivity index (χ3n) is 2.50. The van der Waals surface area contributed by atoms with Crippen LogP contribution in [0.2, 0.25) is 0 Å². The van der Waals surface area contributed by atoms with E-state index in [1.165, 1.54) is 12.1 Å². The minimum absolute atomic E-state index is 0.195. The number of rotatable bonds is 6. The molecule has 0 amide bonds. The van der Waals surface area contributed by atoms with Crippen LogP contribution in [0.25, 0.3) is 0 Å². The summed E-state index contributed by atoms with van der Waals surface area (Å²) in [5, 5.41) is 0. The fourth-order valence-electron chi connectivity index (χ4n) is 1.54. The van der Waals surface area contributed by atoms with Gasteiger partial charge >= 0.3 is 0 Å². The van der Waals surface area contributed by atoms with Gasteiger partial charge in [-0.15, -0.1) is 0 Å². The topological polar surface area (TPSA) is 35.2 Å². The zero-order valence-electron chi connectivity index (χ0n) is 9.08. The molecule has 0 radical (unpaired) electrons. The smallest absolute Gasteiger partial charge is 0.123 e. The second-order valence-corrected chi connectivity index (χ2v) is 3.71. The van der Waals surface area contributed by atoms with Gasteiger partial charge in [-0.25, -0.2) is 4.39 Å². The molecule has 0 saturated carbocycles. The quantitative estimate of drug-likeness (QED) is 0.781. The van der Waals surface area contributed by atoms with Gasteiger partial charge in [-0.3, -0.25) is 0 Å². The van der Waals surface area contributed by atoms with Gasteiger partial charge in [0.2, 0.25) is 0 Å². The monoisotopic (exact) mass is 211 g/mol. The van der Waals surface area contributed by atoms with Gasteiger partial charge in [0.05, 0.1) is 0 Å². The first-order valence-electron chi connectivity index (χ1n) is 5.19. The summed E-state index contributed by atoms with van der Waals surface area (Å²) < 4.78 is 17.7. The van der Waals surface area contributed by atoms with E-state index in [0.717, 1.165) is 25.0 Å². The summed E-state index contributed by atoms with van der Waals surface area (Å²) in [6.07, 6.45) is 1.84. The van der Waals surface area contributed by atoms with Crippen molar-refractivity contribution in [1.29, 1.82) is 0 Å². The maximum atomic E-state index is 12.7. The fourth-order valence-corrected chi connectivity index (χ4v) is 1.54. The summed E-state index contributed by atoms with van der Waals surface area (Å²) in [4.78, 5) is 0. The van der Waals surface area contributed by atoms with E-state index in [0.29, 0.717) is 12.5 Å². The Kier molecular flexibility index (Phi) is 5.29. The lowest BCUT2D eigenvalue weighted by Crippen LogP contribution is -2.18. The van der Waals surface area contributed by atoms with Crippen LogP contribution in [0.5, 0.6) is 0 Å². The number of nitrogens with two attached hydrogens (primary N) is 1. The highest BCUT2D eigenvalue weighted by Crippen LogP contribution is 2.12. The molecule has 1 aromatic carbocycles. The van der Waals surface area contributed by atoms with Gasteiger partial charge in [-0.1, -0.05) is 12.1 Å². The van der Waals surface area contributed by atoms with Crippen molar-refractivity contribution < 1.29 is 9.13 Å². The summed E-state index contributed by atoms with van der Waals surface area (Å²) in [6.45, 7) is 1.36. The molecule has 84 valence electrons. The molecule has 1 rings (SSSR count). The first-order valence-corrected chi connectivity index (χ1v) is 5.19. The van der Waals surface area contributed by atoms with E-state index >= 15 is 0 Å². The lowest BCUT2D eigenvalue weighted by Gasteiger charge is -2.13. The molecule has 2 N–H and O–H groups in total. The summed E-state index contributed by atoms with van der Waals surface area (Å²) in [6, 6.07) is 6.59. The molecule has 2 nitrogen and oxygen atoms in total. The first-order chi connectivity index (χ1) is 7.26. The normalized spacial score (nSPS) is 12.7. The van der Waals surface area contributed by atoms with E-state index in [2.05, 4.69) is 0 Å². The highest BCUT2D eigenvalue weighted by molar-refractivity contribution is 5.16. The highest BCUT2D eigenvalue weighted by Gasteiger charge is 2.07. The maximum absolute atomic E-state index is 12.7. The number of halogens is 1. The van der Waals surface area contributed by atoms with E-state index in [1.54, 1.807) is 7.11 Å². The minimum Gasteiger partial charge on any atom is -0.385 e. The number of benzene rings is 1. The van der Waals surface area contributed by atoms with Crippen molar-refractivity contribution in [3.63, 3.8) is 0 Å². The Hall–Kier alpha value is -0.930. The maximum Gasteiger partial charge on any atom is 0.123 e. The fraction of sp³-hybridized carbons (Fsp3) is 0.500. The van der Waals surface area contributed by atoms with Crippen molar-refractivity contribution in [3.05, 3.63) is 35.6 Å². The molecule has 1 unspecified atom stereocenters. The van der Waals surface area contributed by atoms with E-state index in [9.17, 15) is 4.39 Å². The van der Waals surface area contributed by atoms with Crippen molar-refractivity contribution in [2.75, 3.05) is 20.3 Å². The van der Waals surface area contributed by atoms with Crippen LogP contribution < -0.4 is 5.73 Å². The van der Waals surface area contributed by atoms with Crippen LogP contribution in [-0.4, -0.2) is 20.3 Å². The number of ether oxygens (including phenoxy) is 1. The van der Waals surface area contributed by atoms with E-state index < -0.39 is 0 Å². The van der Waals surface area contributed by atoms with Gasteiger partial charge in [-0.2, -0.15) is 0 Å². The third-order valence-corrected chi connectivity index (χ3v) is 2.50. The third kappa shape index (κ3) is 4.40. The number of hydrogen-bond donors (Lipinski definition) is 1. The Morgan fingerprint density at radius 1 is 1.33 bits per heavy atom. The molecular weight excluding hydrogens is 193 g/mol. The van der Waals surface area contributed by atoms with Crippen molar-refractivity contribution in [2.45, 2.75) is 12.8 Å². The lowest BCUT2D eigenvalue weighted by molar-refractivity contribution is 0.178. The Balaban J connectivity index is 2.47. The minimum atomic E-state index is -0.195. The molecule has 0 aliphatic rings. The summed E-state index contributed by atoms with van der Waals surface area (Å²) >= 11 is 0. The molecule has 15 heavy (non-hydrogen) atoms. The molecule has 0 aliphatic heterocycles. The molecule has 0 heterocycles. The average Bonchev–Trinajstić information content (AvgIpc) is 2.27. The molecule has 1 atom stereocenters. The second kappa shape index (κ2) is 6.53. The molecule has 0 aliphatic carbocycles. The molecule has 0 saturated heterocycles. The molecule has 1 aromatic rings. The van der Waals surface area contributed by atoms with Crippen LogP contribution in [0.15, 0.2) is 24.3 Å². The van der Waals surface area contributed by atoms with E-state index in [-0.39, 0.29) is 5.82 Å². The molecule has 0 spiro atoms. The van der Waals surface area contributed by atoms with Crippen LogP contribution in [-0.2, 0) is 11.2 Å². The van der Waals surface area contributed by atoms with Crippen LogP contribution in [0.4, 0.5) is 4.39 Å². The second-order valence-electron chi connectivity index (χ2n) is 3.71. The highest BCUT2D eigenvalue weighted by atomic mass is 19.1. The molecule has 0 fully saturated rings. The Bertz CT molecular complexity index is 273. The summed E-state index contributed by atoms with van der Waals surface area (Å²) in [5.74, 6) is 0.218. The van der Waals surface area contributed by atoms with Gasteiger partial charge in [-0.05, 0) is 43.0 Å². The zero-order valence-corrected chi connectivity index (χ0v) is 9.08. The SMILES string of the molecule is COCCC(CN)Cc1ccc(F)cc1. The van der Waals surface area contributed by atoms with Crippen molar-refractivity contribution in [2.24, 2.45) is 11.7 Å². The Labute approximate surface area is 90.2 Å². The van der Waals surface area contributed by atoms with E-state index in [4.69, 9.17) is 10.5 Å². The molecular formula is C12H18FNO. The van der Waals surface area contributed by atoms with Gasteiger partial charge in [0, 0.05) is 13.7 Å². The van der Waals surface area contributed by atoms with Crippen molar-refractivity contribution in [3.8, 4) is 0 Å². The first kappa shape index (κ1) is 12.1. The van der Waals surface area contributed by atoms with Crippen molar-refractivity contribution in [1.82, 2.24) is 0 Å². The Morgan fingerprint density at radius 2 is 2.00 bits per heavy atom. The Morgan fingerprint density at radius 3 is 2.53 bits per heavy atom. The van der Waals surface area contributed by atoms with Gasteiger partial charge in [0.25, 0.3) is 0 Å². The molecule has 0 aromatic heterocycles. The van der Waals surface area contributed by atoms with Crippen LogP contribution in [0.1, 0.15) is 12.0 Å². The van der Waals surface area contributed by atoms with Crippen molar-refractivity contribution >= 4 is 0 Å². The standard InChI is InChI=1S/C12H18FNO/c1-15-7-6-11(9-14)8-10-2-4-12(13)5-3-10/h2-5,11H,6-9,14H2,1H3. The summed E-state index contributed by atoms with van der Waals surface area (Å²) in [5.41, 5.74) is 6.79. The van der Waals surface area contributed by atoms with Crippen LogP contribution in [0, 0.1) is 11.7 Å². The van der Waals surface area contributed by atoms with E-state index in [1.807, 2.05) is 12.1 Å². The predicted octanol–water partition coefficient (Wildman–Crippen LogP) is 1.98. The average molecular weight is 211 g/mol. The number of methoxy groups -OCH3 is 1. The number of hydrogen-bond acceptors (Lipinski definition) is 2. The van der Waals surface area contributed by atoms with Gasteiger partial charge in [0.15, 0.2) is 0 Å². The largest absolute Gasteiger partial charge is 0.385 e. The van der Waals surface area contributed by atoms with Crippen LogP contribution in [0.3, 0.4) is 0 Å².